The van der Waals surface area contributed by atoms with Crippen molar-refractivity contribution in [1.82, 2.24) is 4.57 Å². The van der Waals surface area contributed by atoms with Crippen LogP contribution in [0.3, 0.4) is 0 Å². The van der Waals surface area contributed by atoms with Crippen molar-refractivity contribution in [2.75, 3.05) is 20.3 Å². The molecule has 2 heterocycles. The number of rotatable bonds is 10. The van der Waals surface area contributed by atoms with Crippen LogP contribution >= 0.6 is 34.5 Å². The average Bonchev–Trinajstić information content (AvgIpc) is 3.30. The van der Waals surface area contributed by atoms with Crippen LogP contribution in [0.5, 0.6) is 17.2 Å². The van der Waals surface area contributed by atoms with E-state index in [4.69, 9.17) is 42.1 Å². The minimum atomic E-state index is -0.715. The molecule has 8 nitrogen and oxygen atoms in total. The van der Waals surface area contributed by atoms with E-state index in [0.29, 0.717) is 54.5 Å². The molecule has 228 valence electrons. The van der Waals surface area contributed by atoms with Crippen LogP contribution in [-0.2, 0) is 16.1 Å². The Balaban J connectivity index is 1.53. The fourth-order valence-corrected chi connectivity index (χ4v) is 6.37. The lowest BCUT2D eigenvalue weighted by Gasteiger charge is -2.24. The van der Waals surface area contributed by atoms with E-state index in [1.807, 2.05) is 37.3 Å². The maximum Gasteiger partial charge on any atom is 0.338 e. The second kappa shape index (κ2) is 13.7. The SMILES string of the molecule is CCOC(=O)C1=C(C)N=c2s/c(=C\c3ccc(OCc4ccc(Cl)cc4Cl)c(OC)c3)c(=O)n2C1c1ccc(OCC)cc1. The van der Waals surface area contributed by atoms with Crippen molar-refractivity contribution in [2.24, 2.45) is 4.99 Å². The molecule has 0 aliphatic carbocycles. The summed E-state index contributed by atoms with van der Waals surface area (Å²) in [6, 6.07) is 17.3. The highest BCUT2D eigenvalue weighted by molar-refractivity contribution is 7.07. The summed E-state index contributed by atoms with van der Waals surface area (Å²) in [5.41, 5.74) is 2.78. The van der Waals surface area contributed by atoms with Crippen molar-refractivity contribution in [2.45, 2.75) is 33.4 Å². The van der Waals surface area contributed by atoms with Gasteiger partial charge in [-0.3, -0.25) is 9.36 Å². The number of thiazole rings is 1. The zero-order valence-electron chi connectivity index (χ0n) is 24.6. The van der Waals surface area contributed by atoms with E-state index in [9.17, 15) is 9.59 Å². The third-order valence-corrected chi connectivity index (χ3v) is 8.48. The Kier molecular flexibility index (Phi) is 9.78. The number of halogens is 2. The Hall–Kier alpha value is -4.05. The number of hydrogen-bond donors (Lipinski definition) is 0. The topological polar surface area (TPSA) is 88.4 Å². The number of benzene rings is 3. The summed E-state index contributed by atoms with van der Waals surface area (Å²) in [6.07, 6.45) is 1.77. The summed E-state index contributed by atoms with van der Waals surface area (Å²) in [5.74, 6) is 1.19. The molecule has 5 rings (SSSR count). The van der Waals surface area contributed by atoms with Crippen LogP contribution in [-0.4, -0.2) is 30.9 Å². The molecule has 0 N–H and O–H groups in total. The van der Waals surface area contributed by atoms with Gasteiger partial charge in [0.25, 0.3) is 5.56 Å². The van der Waals surface area contributed by atoms with Gasteiger partial charge < -0.3 is 18.9 Å². The van der Waals surface area contributed by atoms with Gasteiger partial charge in [-0.25, -0.2) is 9.79 Å². The third-order valence-electron chi connectivity index (χ3n) is 6.91. The van der Waals surface area contributed by atoms with E-state index < -0.39 is 12.0 Å². The Labute approximate surface area is 268 Å². The predicted octanol–water partition coefficient (Wildman–Crippen LogP) is 6.09. The first-order chi connectivity index (χ1) is 21.2. The van der Waals surface area contributed by atoms with Crippen molar-refractivity contribution in [3.8, 4) is 17.2 Å². The van der Waals surface area contributed by atoms with Gasteiger partial charge in [0.15, 0.2) is 16.3 Å². The summed E-state index contributed by atoms with van der Waals surface area (Å²) in [4.78, 5) is 32.2. The predicted molar refractivity (Wildman–Crippen MR) is 172 cm³/mol. The van der Waals surface area contributed by atoms with Crippen LogP contribution in [0.15, 0.2) is 81.7 Å². The Morgan fingerprint density at radius 2 is 1.77 bits per heavy atom. The summed E-state index contributed by atoms with van der Waals surface area (Å²) >= 11 is 13.5. The third kappa shape index (κ3) is 6.55. The molecule has 0 saturated heterocycles. The average molecular weight is 654 g/mol. The number of ether oxygens (including phenoxy) is 4. The van der Waals surface area contributed by atoms with Crippen LogP contribution in [0.25, 0.3) is 6.08 Å². The Morgan fingerprint density at radius 1 is 1.00 bits per heavy atom. The van der Waals surface area contributed by atoms with Gasteiger partial charge in [0.2, 0.25) is 0 Å². The zero-order valence-corrected chi connectivity index (χ0v) is 26.9. The largest absolute Gasteiger partial charge is 0.494 e. The van der Waals surface area contributed by atoms with E-state index in [2.05, 4.69) is 4.99 Å². The van der Waals surface area contributed by atoms with Gasteiger partial charge in [0.1, 0.15) is 12.4 Å². The molecule has 44 heavy (non-hydrogen) atoms. The molecule has 0 fully saturated rings. The maximum absolute atomic E-state index is 13.9. The number of nitrogens with zero attached hydrogens (tertiary/aromatic N) is 2. The fraction of sp³-hybridized carbons (Fsp3) is 0.242. The Bertz CT molecular complexity index is 1910. The molecule has 0 amide bonds. The molecule has 11 heteroatoms. The van der Waals surface area contributed by atoms with Gasteiger partial charge in [0, 0.05) is 15.6 Å². The van der Waals surface area contributed by atoms with Crippen molar-refractivity contribution < 1.29 is 23.7 Å². The molecule has 0 bridgehead atoms. The fourth-order valence-electron chi connectivity index (χ4n) is 4.86. The van der Waals surface area contributed by atoms with Gasteiger partial charge in [-0.15, -0.1) is 0 Å². The molecular weight excluding hydrogens is 623 g/mol. The second-order valence-electron chi connectivity index (χ2n) is 9.74. The summed E-state index contributed by atoms with van der Waals surface area (Å²) in [7, 11) is 1.55. The van der Waals surface area contributed by atoms with Crippen LogP contribution < -0.4 is 29.1 Å². The first-order valence-electron chi connectivity index (χ1n) is 13.9. The first-order valence-corrected chi connectivity index (χ1v) is 15.5. The molecule has 1 unspecified atom stereocenters. The normalized spacial score (nSPS) is 14.6. The number of hydrogen-bond acceptors (Lipinski definition) is 8. The van der Waals surface area contributed by atoms with E-state index in [1.165, 1.54) is 11.3 Å². The van der Waals surface area contributed by atoms with E-state index in [0.717, 1.165) is 16.7 Å². The molecule has 0 radical (unpaired) electrons. The molecule has 3 aromatic carbocycles. The maximum atomic E-state index is 13.9. The highest BCUT2D eigenvalue weighted by Gasteiger charge is 2.33. The summed E-state index contributed by atoms with van der Waals surface area (Å²) in [5, 5.41) is 1.05. The highest BCUT2D eigenvalue weighted by atomic mass is 35.5. The van der Waals surface area contributed by atoms with Gasteiger partial charge in [-0.2, -0.15) is 0 Å². The molecule has 1 atom stereocenters. The number of carbonyl (C=O) groups excluding carboxylic acids is 1. The summed E-state index contributed by atoms with van der Waals surface area (Å²) < 4.78 is 24.5. The molecule has 1 aliphatic rings. The van der Waals surface area contributed by atoms with Crippen LogP contribution in [0.4, 0.5) is 0 Å². The zero-order chi connectivity index (χ0) is 31.4. The number of esters is 1. The number of aromatic nitrogens is 1. The molecular formula is C33H30Cl2N2O6S. The lowest BCUT2D eigenvalue weighted by Crippen LogP contribution is -2.39. The molecule has 1 aliphatic heterocycles. The highest BCUT2D eigenvalue weighted by Crippen LogP contribution is 2.33. The molecule has 0 spiro atoms. The molecule has 4 aromatic rings. The van der Waals surface area contributed by atoms with Crippen LogP contribution in [0.2, 0.25) is 10.0 Å². The first kappa shape index (κ1) is 31.4. The molecule has 0 saturated carbocycles. The van der Waals surface area contributed by atoms with Crippen molar-refractivity contribution in [3.63, 3.8) is 0 Å². The van der Waals surface area contributed by atoms with Crippen molar-refractivity contribution in [1.29, 1.82) is 0 Å². The number of allylic oxidation sites excluding steroid dienone is 1. The van der Waals surface area contributed by atoms with E-state index in [-0.39, 0.29) is 18.8 Å². The number of fused-ring (bicyclic) bond motifs is 1. The lowest BCUT2D eigenvalue weighted by atomic mass is 9.96. The van der Waals surface area contributed by atoms with E-state index >= 15 is 0 Å². The monoisotopic (exact) mass is 652 g/mol. The number of methoxy groups -OCH3 is 1. The quantitative estimate of drug-likeness (QED) is 0.193. The second-order valence-corrected chi connectivity index (χ2v) is 11.6. The van der Waals surface area contributed by atoms with Crippen LogP contribution in [0, 0.1) is 0 Å². The van der Waals surface area contributed by atoms with E-state index in [1.54, 1.807) is 61.9 Å². The standard InChI is InChI=1S/C33H30Cl2N2O6S/c1-5-41-24-12-9-21(10-13-24)30-29(32(39)42-6-2)19(3)36-33-37(30)31(38)28(44-33)16-20-7-14-26(27(15-20)40-4)43-18-22-8-11-23(34)17-25(22)35/h7-17,30H,5-6,18H2,1-4H3/b28-16-. The lowest BCUT2D eigenvalue weighted by molar-refractivity contribution is -0.139. The number of carbonyl (C=O) groups is 1. The Morgan fingerprint density at radius 3 is 2.45 bits per heavy atom. The van der Waals surface area contributed by atoms with Gasteiger partial charge >= 0.3 is 5.97 Å². The summed E-state index contributed by atoms with van der Waals surface area (Å²) in [6.45, 7) is 6.35. The van der Waals surface area contributed by atoms with Gasteiger partial charge in [0.05, 0.1) is 42.2 Å². The van der Waals surface area contributed by atoms with Crippen molar-refractivity contribution in [3.05, 3.63) is 118 Å². The minimum Gasteiger partial charge on any atom is -0.494 e. The molecule has 1 aromatic heterocycles. The van der Waals surface area contributed by atoms with Gasteiger partial charge in [-0.05, 0) is 74.4 Å². The van der Waals surface area contributed by atoms with Gasteiger partial charge in [-0.1, -0.05) is 58.8 Å². The van der Waals surface area contributed by atoms with Crippen LogP contribution in [0.1, 0.15) is 43.5 Å². The van der Waals surface area contributed by atoms with Crippen molar-refractivity contribution >= 4 is 46.6 Å². The smallest absolute Gasteiger partial charge is 0.338 e. The minimum absolute atomic E-state index is 0.199.